The van der Waals surface area contributed by atoms with Crippen LogP contribution in [0.2, 0.25) is 5.02 Å². The minimum absolute atomic E-state index is 0.0454. The summed E-state index contributed by atoms with van der Waals surface area (Å²) >= 11 is 7.77. The SMILES string of the molecule is CC(C)NC(=O)CSc1cccc2cccc(Cl)c12. The molecule has 2 nitrogen and oxygen atoms in total. The molecular weight excluding hydrogens is 278 g/mol. The summed E-state index contributed by atoms with van der Waals surface area (Å²) in [6.07, 6.45) is 0. The van der Waals surface area contributed by atoms with Gasteiger partial charge in [-0.2, -0.15) is 0 Å². The molecule has 0 aliphatic carbocycles. The Bertz CT molecular complexity index is 592. The molecule has 0 radical (unpaired) electrons. The summed E-state index contributed by atoms with van der Waals surface area (Å²) in [6.45, 7) is 3.91. The molecule has 0 saturated heterocycles. The van der Waals surface area contributed by atoms with Crippen LogP contribution in [0.1, 0.15) is 13.8 Å². The Kier molecular flexibility index (Phi) is 4.72. The van der Waals surface area contributed by atoms with Gasteiger partial charge in [-0.25, -0.2) is 0 Å². The first-order valence-electron chi connectivity index (χ1n) is 6.17. The van der Waals surface area contributed by atoms with E-state index in [1.54, 1.807) is 0 Å². The first-order valence-corrected chi connectivity index (χ1v) is 7.53. The van der Waals surface area contributed by atoms with Crippen molar-refractivity contribution in [2.24, 2.45) is 0 Å². The monoisotopic (exact) mass is 293 g/mol. The minimum atomic E-state index is 0.0454. The molecule has 2 aromatic rings. The maximum atomic E-state index is 11.7. The van der Waals surface area contributed by atoms with Crippen molar-refractivity contribution in [2.75, 3.05) is 5.75 Å². The molecule has 100 valence electrons. The second-order valence-electron chi connectivity index (χ2n) is 4.60. The van der Waals surface area contributed by atoms with Gasteiger partial charge in [0.05, 0.1) is 5.75 Å². The van der Waals surface area contributed by atoms with Crippen LogP contribution in [0.5, 0.6) is 0 Å². The molecule has 0 aliphatic rings. The number of fused-ring (bicyclic) bond motifs is 1. The molecule has 0 atom stereocenters. The topological polar surface area (TPSA) is 29.1 Å². The lowest BCUT2D eigenvalue weighted by molar-refractivity contribution is -0.119. The molecule has 19 heavy (non-hydrogen) atoms. The van der Waals surface area contributed by atoms with Crippen molar-refractivity contribution >= 4 is 40.0 Å². The quantitative estimate of drug-likeness (QED) is 0.860. The van der Waals surface area contributed by atoms with E-state index in [4.69, 9.17) is 11.6 Å². The standard InChI is InChI=1S/C15H16ClNOS/c1-10(2)17-14(18)9-19-13-8-4-6-11-5-3-7-12(16)15(11)13/h3-8,10H,9H2,1-2H3,(H,17,18). The van der Waals surface area contributed by atoms with Crippen molar-refractivity contribution in [1.29, 1.82) is 0 Å². The first-order chi connectivity index (χ1) is 9.08. The van der Waals surface area contributed by atoms with Gasteiger partial charge in [0.15, 0.2) is 0 Å². The van der Waals surface area contributed by atoms with Gasteiger partial charge in [-0.05, 0) is 31.4 Å². The highest BCUT2D eigenvalue weighted by Gasteiger charge is 2.08. The summed E-state index contributed by atoms with van der Waals surface area (Å²) in [6, 6.07) is 12.0. The Labute approximate surface area is 122 Å². The number of rotatable bonds is 4. The summed E-state index contributed by atoms with van der Waals surface area (Å²) in [5, 5.41) is 5.73. The first kappa shape index (κ1) is 14.2. The van der Waals surface area contributed by atoms with Crippen LogP contribution in [-0.2, 0) is 4.79 Å². The van der Waals surface area contributed by atoms with Crippen molar-refractivity contribution in [2.45, 2.75) is 24.8 Å². The molecule has 0 fully saturated rings. The van der Waals surface area contributed by atoms with Gasteiger partial charge >= 0.3 is 0 Å². The smallest absolute Gasteiger partial charge is 0.230 e. The number of amides is 1. The zero-order chi connectivity index (χ0) is 13.8. The predicted octanol–water partition coefficient (Wildman–Crippen LogP) is 4.11. The normalized spacial score (nSPS) is 10.9. The fourth-order valence-corrected chi connectivity index (χ4v) is 3.15. The molecular formula is C15H16ClNOS. The number of nitrogens with one attached hydrogen (secondary N) is 1. The van der Waals surface area contributed by atoms with E-state index in [0.29, 0.717) is 5.75 Å². The largest absolute Gasteiger partial charge is 0.353 e. The van der Waals surface area contributed by atoms with E-state index >= 15 is 0 Å². The molecule has 2 rings (SSSR count). The number of carbonyl (C=O) groups is 1. The second-order valence-corrected chi connectivity index (χ2v) is 6.03. The third kappa shape index (κ3) is 3.64. The van der Waals surface area contributed by atoms with Crippen molar-refractivity contribution < 1.29 is 4.79 Å². The molecule has 1 amide bonds. The van der Waals surface area contributed by atoms with Gasteiger partial charge in [-0.15, -0.1) is 11.8 Å². The molecule has 4 heteroatoms. The lowest BCUT2D eigenvalue weighted by Gasteiger charge is -2.10. The van der Waals surface area contributed by atoms with Crippen LogP contribution in [0.15, 0.2) is 41.3 Å². The van der Waals surface area contributed by atoms with E-state index < -0.39 is 0 Å². The number of thioether (sulfide) groups is 1. The van der Waals surface area contributed by atoms with Crippen LogP contribution in [0.25, 0.3) is 10.8 Å². The Morgan fingerprint density at radius 3 is 2.63 bits per heavy atom. The summed E-state index contributed by atoms with van der Waals surface area (Å²) in [5.41, 5.74) is 0. The highest BCUT2D eigenvalue weighted by Crippen LogP contribution is 2.32. The van der Waals surface area contributed by atoms with Crippen LogP contribution < -0.4 is 5.32 Å². The fraction of sp³-hybridized carbons (Fsp3) is 0.267. The van der Waals surface area contributed by atoms with Crippen molar-refractivity contribution in [1.82, 2.24) is 5.32 Å². The van der Waals surface area contributed by atoms with Crippen molar-refractivity contribution in [3.63, 3.8) is 0 Å². The van der Waals surface area contributed by atoms with Crippen LogP contribution in [0.3, 0.4) is 0 Å². The van der Waals surface area contributed by atoms with Gasteiger partial charge < -0.3 is 5.32 Å². The van der Waals surface area contributed by atoms with E-state index in [-0.39, 0.29) is 11.9 Å². The lowest BCUT2D eigenvalue weighted by atomic mass is 10.1. The van der Waals surface area contributed by atoms with Gasteiger partial charge in [0.25, 0.3) is 0 Å². The summed E-state index contributed by atoms with van der Waals surface area (Å²) < 4.78 is 0. The lowest BCUT2D eigenvalue weighted by Crippen LogP contribution is -2.31. The average Bonchev–Trinajstić information content (AvgIpc) is 2.35. The summed E-state index contributed by atoms with van der Waals surface area (Å²) in [7, 11) is 0. The number of hydrogen-bond donors (Lipinski definition) is 1. The Balaban J connectivity index is 2.19. The third-order valence-electron chi connectivity index (χ3n) is 2.62. The number of carbonyl (C=O) groups excluding carboxylic acids is 1. The summed E-state index contributed by atoms with van der Waals surface area (Å²) in [5.74, 6) is 0.451. The average molecular weight is 294 g/mol. The number of benzene rings is 2. The molecule has 0 unspecified atom stereocenters. The molecule has 0 heterocycles. The third-order valence-corrected chi connectivity index (χ3v) is 4.00. The number of halogens is 1. The van der Waals surface area contributed by atoms with E-state index in [1.165, 1.54) is 11.8 Å². The van der Waals surface area contributed by atoms with Gasteiger partial charge in [-0.3, -0.25) is 4.79 Å². The second kappa shape index (κ2) is 6.31. The van der Waals surface area contributed by atoms with Gasteiger partial charge in [0.1, 0.15) is 0 Å². The Morgan fingerprint density at radius 2 is 1.95 bits per heavy atom. The van der Waals surface area contributed by atoms with Crippen molar-refractivity contribution in [3.8, 4) is 0 Å². The van der Waals surface area contributed by atoms with Gasteiger partial charge in [-0.1, -0.05) is 35.9 Å². The molecule has 1 N–H and O–H groups in total. The maximum absolute atomic E-state index is 11.7. The molecule has 0 bridgehead atoms. The van der Waals surface area contributed by atoms with Crippen LogP contribution >= 0.6 is 23.4 Å². The van der Waals surface area contributed by atoms with E-state index in [1.807, 2.05) is 50.2 Å². The molecule has 0 saturated carbocycles. The van der Waals surface area contributed by atoms with Crippen LogP contribution in [0.4, 0.5) is 0 Å². The van der Waals surface area contributed by atoms with E-state index in [2.05, 4.69) is 5.32 Å². The fourth-order valence-electron chi connectivity index (χ4n) is 1.89. The van der Waals surface area contributed by atoms with Crippen LogP contribution in [0, 0.1) is 0 Å². The van der Waals surface area contributed by atoms with Gasteiger partial charge in [0.2, 0.25) is 5.91 Å². The maximum Gasteiger partial charge on any atom is 0.230 e. The van der Waals surface area contributed by atoms with Crippen LogP contribution in [-0.4, -0.2) is 17.7 Å². The number of hydrogen-bond acceptors (Lipinski definition) is 2. The molecule has 0 aromatic heterocycles. The molecule has 0 spiro atoms. The summed E-state index contributed by atoms with van der Waals surface area (Å²) in [4.78, 5) is 12.7. The molecule has 2 aromatic carbocycles. The van der Waals surface area contributed by atoms with E-state index in [9.17, 15) is 4.79 Å². The van der Waals surface area contributed by atoms with Crippen molar-refractivity contribution in [3.05, 3.63) is 41.4 Å². The Morgan fingerprint density at radius 1 is 1.26 bits per heavy atom. The zero-order valence-corrected chi connectivity index (χ0v) is 12.5. The molecule has 0 aliphatic heterocycles. The zero-order valence-electron chi connectivity index (χ0n) is 10.9. The minimum Gasteiger partial charge on any atom is -0.353 e. The predicted molar refractivity (Wildman–Crippen MR) is 83.0 cm³/mol. The highest BCUT2D eigenvalue weighted by molar-refractivity contribution is 8.00. The van der Waals surface area contributed by atoms with E-state index in [0.717, 1.165) is 20.7 Å². The highest BCUT2D eigenvalue weighted by atomic mass is 35.5. The van der Waals surface area contributed by atoms with Gasteiger partial charge in [0, 0.05) is 21.3 Å². The Hall–Kier alpha value is -1.19.